The average molecular weight is 300 g/mol. The third-order valence-electron chi connectivity index (χ3n) is 3.59. The van der Waals surface area contributed by atoms with Crippen LogP contribution < -0.4 is 22.3 Å². The van der Waals surface area contributed by atoms with Gasteiger partial charge in [0.15, 0.2) is 0 Å². The van der Waals surface area contributed by atoms with Gasteiger partial charge in [0.25, 0.3) is 5.56 Å². The summed E-state index contributed by atoms with van der Waals surface area (Å²) in [7, 11) is 1.54. The molecule has 4 N–H and O–H groups in total. The van der Waals surface area contributed by atoms with E-state index in [0.29, 0.717) is 19.7 Å². The van der Waals surface area contributed by atoms with E-state index in [4.69, 9.17) is 10.5 Å². The molecule has 1 aliphatic carbocycles. The van der Waals surface area contributed by atoms with E-state index < -0.39 is 11.2 Å². The Hall–Kier alpha value is -1.41. The maximum Gasteiger partial charge on any atom is 0.330 e. The first kappa shape index (κ1) is 15.0. The summed E-state index contributed by atoms with van der Waals surface area (Å²) in [6.07, 6.45) is 4.31. The molecule has 8 heteroatoms. The average Bonchev–Trinajstić information content (AvgIpc) is 3.18. The van der Waals surface area contributed by atoms with Gasteiger partial charge in [-0.3, -0.25) is 14.3 Å². The van der Waals surface area contributed by atoms with Gasteiger partial charge in [-0.1, -0.05) is 0 Å². The first-order valence-corrected chi connectivity index (χ1v) is 7.66. The third kappa shape index (κ3) is 3.01. The van der Waals surface area contributed by atoms with E-state index in [1.165, 1.54) is 4.57 Å². The first-order chi connectivity index (χ1) is 9.53. The second-order valence-electron chi connectivity index (χ2n) is 4.90. The summed E-state index contributed by atoms with van der Waals surface area (Å²) in [6, 6.07) is 0. The van der Waals surface area contributed by atoms with Gasteiger partial charge in [-0.15, -0.1) is 0 Å². The van der Waals surface area contributed by atoms with Crippen molar-refractivity contribution in [2.45, 2.75) is 24.1 Å². The number of aromatic amines is 1. The molecule has 0 spiro atoms. The van der Waals surface area contributed by atoms with Crippen molar-refractivity contribution in [3.05, 3.63) is 20.8 Å². The van der Waals surface area contributed by atoms with Crippen LogP contribution in [0.15, 0.2) is 9.59 Å². The van der Waals surface area contributed by atoms with Crippen molar-refractivity contribution >= 4 is 23.3 Å². The number of thioether (sulfide) groups is 1. The summed E-state index contributed by atoms with van der Waals surface area (Å²) in [5.41, 5.74) is 5.21. The molecule has 1 aromatic heterocycles. The molecule has 0 atom stereocenters. The molecule has 1 saturated carbocycles. The molecular weight excluding hydrogens is 280 g/mol. The van der Waals surface area contributed by atoms with Crippen LogP contribution in [0.3, 0.4) is 0 Å². The summed E-state index contributed by atoms with van der Waals surface area (Å²) in [5.74, 6) is 0.160. The van der Waals surface area contributed by atoms with Crippen LogP contribution in [0.5, 0.6) is 0 Å². The van der Waals surface area contributed by atoms with Crippen LogP contribution in [0.1, 0.15) is 12.8 Å². The molecule has 0 amide bonds. The quantitative estimate of drug-likeness (QED) is 0.659. The van der Waals surface area contributed by atoms with Crippen molar-refractivity contribution in [2.24, 2.45) is 0 Å². The highest BCUT2D eigenvalue weighted by atomic mass is 32.2. The van der Waals surface area contributed by atoms with E-state index >= 15 is 0 Å². The number of hydrogen-bond donors (Lipinski definition) is 3. The minimum absolute atomic E-state index is 0.160. The van der Waals surface area contributed by atoms with Crippen molar-refractivity contribution < 1.29 is 4.74 Å². The third-order valence-corrected chi connectivity index (χ3v) is 5.01. The number of anilines is 2. The standard InChI is InChI=1S/C12H20N4O3S/c1-19-6-5-16-9(13)8(10(17)15-11(16)18)14-7-12(20-2)3-4-12/h14H,3-7,13H2,1-2H3,(H,15,17,18). The molecule has 1 aromatic rings. The van der Waals surface area contributed by atoms with Gasteiger partial charge < -0.3 is 15.8 Å². The molecule has 2 rings (SSSR count). The molecular formula is C12H20N4O3S. The molecule has 0 radical (unpaired) electrons. The Labute approximate surface area is 120 Å². The number of nitrogens with two attached hydrogens (primary N) is 1. The Morgan fingerprint density at radius 2 is 2.20 bits per heavy atom. The predicted molar refractivity (Wildman–Crippen MR) is 81.6 cm³/mol. The number of nitrogen functional groups attached to an aromatic ring is 1. The number of hydrogen-bond acceptors (Lipinski definition) is 6. The molecule has 7 nitrogen and oxygen atoms in total. The molecule has 1 fully saturated rings. The summed E-state index contributed by atoms with van der Waals surface area (Å²) in [5, 5.41) is 3.09. The topological polar surface area (TPSA) is 102 Å². The molecule has 0 saturated heterocycles. The lowest BCUT2D eigenvalue weighted by molar-refractivity contribution is 0.186. The summed E-state index contributed by atoms with van der Waals surface area (Å²) < 4.78 is 6.45. The van der Waals surface area contributed by atoms with Gasteiger partial charge in [0.1, 0.15) is 11.5 Å². The number of H-pyrrole nitrogens is 1. The normalized spacial score (nSPS) is 16.1. The van der Waals surface area contributed by atoms with Crippen LogP contribution in [-0.4, -0.2) is 40.8 Å². The number of rotatable bonds is 7. The second kappa shape index (κ2) is 5.92. The molecule has 0 aliphatic heterocycles. The van der Waals surface area contributed by atoms with E-state index in [-0.39, 0.29) is 16.3 Å². The molecule has 20 heavy (non-hydrogen) atoms. The zero-order valence-electron chi connectivity index (χ0n) is 11.7. The Morgan fingerprint density at radius 1 is 1.50 bits per heavy atom. The van der Waals surface area contributed by atoms with Gasteiger partial charge >= 0.3 is 5.69 Å². The minimum atomic E-state index is -0.513. The zero-order chi connectivity index (χ0) is 14.8. The van der Waals surface area contributed by atoms with Crippen LogP contribution in [0.25, 0.3) is 0 Å². The van der Waals surface area contributed by atoms with Gasteiger partial charge in [-0.2, -0.15) is 11.8 Å². The van der Waals surface area contributed by atoms with Crippen LogP contribution in [0, 0.1) is 0 Å². The Bertz CT molecular complexity index is 591. The summed E-state index contributed by atoms with van der Waals surface area (Å²) in [6.45, 7) is 1.33. The van der Waals surface area contributed by atoms with Gasteiger partial charge in [0, 0.05) is 18.4 Å². The Balaban J connectivity index is 2.23. The molecule has 0 bridgehead atoms. The van der Waals surface area contributed by atoms with Crippen LogP contribution in [0.2, 0.25) is 0 Å². The van der Waals surface area contributed by atoms with Gasteiger partial charge in [-0.05, 0) is 19.1 Å². The molecule has 1 heterocycles. The fraction of sp³-hybridized carbons (Fsp3) is 0.667. The summed E-state index contributed by atoms with van der Waals surface area (Å²) >= 11 is 1.79. The number of nitrogens with one attached hydrogen (secondary N) is 2. The second-order valence-corrected chi connectivity index (χ2v) is 6.18. The fourth-order valence-electron chi connectivity index (χ4n) is 2.01. The van der Waals surface area contributed by atoms with Crippen molar-refractivity contribution in [3.63, 3.8) is 0 Å². The highest BCUT2D eigenvalue weighted by Crippen LogP contribution is 2.47. The summed E-state index contributed by atoms with van der Waals surface area (Å²) in [4.78, 5) is 25.9. The van der Waals surface area contributed by atoms with Crippen LogP contribution in [0.4, 0.5) is 11.5 Å². The Morgan fingerprint density at radius 3 is 2.75 bits per heavy atom. The molecule has 112 valence electrons. The van der Waals surface area contributed by atoms with Gasteiger partial charge in [0.2, 0.25) is 0 Å². The highest BCUT2D eigenvalue weighted by Gasteiger charge is 2.41. The number of methoxy groups -OCH3 is 1. The number of aromatic nitrogens is 2. The number of ether oxygens (including phenoxy) is 1. The van der Waals surface area contributed by atoms with Crippen LogP contribution >= 0.6 is 11.8 Å². The largest absolute Gasteiger partial charge is 0.383 e. The van der Waals surface area contributed by atoms with E-state index in [9.17, 15) is 9.59 Å². The van der Waals surface area contributed by atoms with Crippen molar-refractivity contribution in [3.8, 4) is 0 Å². The van der Waals surface area contributed by atoms with Gasteiger partial charge in [0.05, 0.1) is 13.2 Å². The first-order valence-electron chi connectivity index (χ1n) is 6.43. The van der Waals surface area contributed by atoms with E-state index in [2.05, 4.69) is 16.6 Å². The lowest BCUT2D eigenvalue weighted by atomic mass is 10.3. The Kier molecular flexibility index (Phi) is 4.44. The van der Waals surface area contributed by atoms with E-state index in [1.54, 1.807) is 18.9 Å². The number of nitrogens with zero attached hydrogens (tertiary/aromatic N) is 1. The monoisotopic (exact) mass is 300 g/mol. The maximum atomic E-state index is 11.9. The highest BCUT2D eigenvalue weighted by molar-refractivity contribution is 8.00. The SMILES string of the molecule is COCCn1c(N)c(NCC2(SC)CC2)c(=O)[nH]c1=O. The van der Waals surface area contributed by atoms with Crippen molar-refractivity contribution in [1.29, 1.82) is 0 Å². The van der Waals surface area contributed by atoms with E-state index in [1.807, 2.05) is 0 Å². The van der Waals surface area contributed by atoms with Gasteiger partial charge in [-0.25, -0.2) is 4.79 Å². The predicted octanol–water partition coefficient (Wildman–Crippen LogP) is 0.0727. The van der Waals surface area contributed by atoms with Crippen LogP contribution in [-0.2, 0) is 11.3 Å². The molecule has 1 aliphatic rings. The zero-order valence-corrected chi connectivity index (χ0v) is 12.5. The fourth-order valence-corrected chi connectivity index (χ4v) is 2.73. The molecule has 0 aromatic carbocycles. The smallest absolute Gasteiger partial charge is 0.330 e. The van der Waals surface area contributed by atoms with Crippen molar-refractivity contribution in [2.75, 3.05) is 37.6 Å². The van der Waals surface area contributed by atoms with E-state index in [0.717, 1.165) is 12.8 Å². The lowest BCUT2D eigenvalue weighted by Gasteiger charge is -2.17. The lowest BCUT2D eigenvalue weighted by Crippen LogP contribution is -2.36. The van der Waals surface area contributed by atoms with Crippen molar-refractivity contribution in [1.82, 2.24) is 9.55 Å². The maximum absolute atomic E-state index is 11.9. The minimum Gasteiger partial charge on any atom is -0.383 e. The molecule has 0 unspecified atom stereocenters.